The molecule has 4 heteroatoms. The molecule has 0 atom stereocenters. The Morgan fingerprint density at radius 1 is 1.19 bits per heavy atom. The summed E-state index contributed by atoms with van der Waals surface area (Å²) in [4.78, 5) is 4.57. The van der Waals surface area contributed by atoms with Gasteiger partial charge in [0.15, 0.2) is 0 Å². The van der Waals surface area contributed by atoms with Gasteiger partial charge in [0.25, 0.3) is 0 Å². The highest BCUT2D eigenvalue weighted by Crippen LogP contribution is 2.31. The summed E-state index contributed by atoms with van der Waals surface area (Å²) in [6.07, 6.45) is 0. The molecule has 2 aromatic carbocycles. The molecule has 0 spiro atoms. The van der Waals surface area contributed by atoms with Gasteiger partial charge in [-0.3, -0.25) is 0 Å². The van der Waals surface area contributed by atoms with Crippen LogP contribution in [0.2, 0.25) is 0 Å². The van der Waals surface area contributed by atoms with Crippen LogP contribution in [0.3, 0.4) is 0 Å². The zero-order valence-electron chi connectivity index (χ0n) is 11.6. The van der Waals surface area contributed by atoms with Gasteiger partial charge in [-0.1, -0.05) is 30.3 Å². The molecule has 0 aliphatic carbocycles. The van der Waals surface area contributed by atoms with E-state index in [0.29, 0.717) is 22.7 Å². The molecular formula is C17H15FN2S. The average molecular weight is 298 g/mol. The molecule has 2 N–H and O–H groups in total. The maximum Gasteiger partial charge on any atom is 0.136 e. The highest BCUT2D eigenvalue weighted by atomic mass is 32.1. The van der Waals surface area contributed by atoms with Crippen molar-refractivity contribution in [1.29, 1.82) is 0 Å². The van der Waals surface area contributed by atoms with Crippen LogP contribution in [-0.2, 0) is 6.54 Å². The second-order valence-corrected chi connectivity index (χ2v) is 5.74. The van der Waals surface area contributed by atoms with Crippen LogP contribution in [0.4, 0.5) is 4.39 Å². The average Bonchev–Trinajstić information content (AvgIpc) is 3.00. The molecule has 1 aromatic heterocycles. The molecule has 3 aromatic rings. The van der Waals surface area contributed by atoms with Crippen molar-refractivity contribution in [2.45, 2.75) is 13.5 Å². The standard InChI is InChI=1S/C17H15FN2S/c1-11-4-2-7-14(16(11)18)17-20-15(10-21-17)13-6-3-5-12(8-13)9-19/h2-8,10H,9,19H2,1H3. The van der Waals surface area contributed by atoms with Crippen LogP contribution < -0.4 is 5.73 Å². The first-order chi connectivity index (χ1) is 10.2. The fourth-order valence-electron chi connectivity index (χ4n) is 2.20. The van der Waals surface area contributed by atoms with E-state index in [1.807, 2.05) is 35.7 Å². The summed E-state index contributed by atoms with van der Waals surface area (Å²) < 4.78 is 14.2. The summed E-state index contributed by atoms with van der Waals surface area (Å²) in [6.45, 7) is 2.26. The van der Waals surface area contributed by atoms with Gasteiger partial charge in [-0.05, 0) is 30.2 Å². The molecule has 0 saturated carbocycles. The van der Waals surface area contributed by atoms with E-state index >= 15 is 0 Å². The molecule has 0 amide bonds. The van der Waals surface area contributed by atoms with Crippen molar-refractivity contribution in [3.05, 3.63) is 64.8 Å². The molecule has 0 radical (unpaired) electrons. The van der Waals surface area contributed by atoms with E-state index < -0.39 is 0 Å². The fourth-order valence-corrected chi connectivity index (χ4v) is 3.05. The molecular weight excluding hydrogens is 283 g/mol. The molecule has 3 rings (SSSR count). The number of nitrogens with two attached hydrogens (primary N) is 1. The second kappa shape index (κ2) is 5.76. The number of halogens is 1. The zero-order chi connectivity index (χ0) is 14.8. The van der Waals surface area contributed by atoms with Gasteiger partial charge in [0.2, 0.25) is 0 Å². The van der Waals surface area contributed by atoms with Gasteiger partial charge < -0.3 is 5.73 Å². The number of nitrogens with zero attached hydrogens (tertiary/aromatic N) is 1. The lowest BCUT2D eigenvalue weighted by Crippen LogP contribution is -1.95. The van der Waals surface area contributed by atoms with Gasteiger partial charge >= 0.3 is 0 Å². The molecule has 21 heavy (non-hydrogen) atoms. The lowest BCUT2D eigenvalue weighted by Gasteiger charge is -2.02. The molecule has 0 unspecified atom stereocenters. The molecule has 1 heterocycles. The summed E-state index contributed by atoms with van der Waals surface area (Å²) >= 11 is 1.45. The van der Waals surface area contributed by atoms with Crippen molar-refractivity contribution in [2.24, 2.45) is 5.73 Å². The Morgan fingerprint density at radius 3 is 2.81 bits per heavy atom. The normalized spacial score (nSPS) is 10.8. The van der Waals surface area contributed by atoms with E-state index in [2.05, 4.69) is 4.98 Å². The van der Waals surface area contributed by atoms with Crippen LogP contribution in [0.5, 0.6) is 0 Å². The van der Waals surface area contributed by atoms with Crippen molar-refractivity contribution in [3.63, 3.8) is 0 Å². The van der Waals surface area contributed by atoms with E-state index in [9.17, 15) is 4.39 Å². The number of aryl methyl sites for hydroxylation is 1. The smallest absolute Gasteiger partial charge is 0.136 e. The summed E-state index contributed by atoms with van der Waals surface area (Å²) in [7, 11) is 0. The van der Waals surface area contributed by atoms with Crippen LogP contribution in [0.25, 0.3) is 21.8 Å². The Kier molecular flexibility index (Phi) is 3.82. The number of hydrogen-bond donors (Lipinski definition) is 1. The third-order valence-electron chi connectivity index (χ3n) is 3.38. The number of thiazole rings is 1. The Balaban J connectivity index is 2.01. The van der Waals surface area contributed by atoms with Gasteiger partial charge in [0, 0.05) is 23.1 Å². The summed E-state index contributed by atoms with van der Waals surface area (Å²) in [5.74, 6) is -0.200. The monoisotopic (exact) mass is 298 g/mol. The molecule has 106 valence electrons. The lowest BCUT2D eigenvalue weighted by atomic mass is 10.1. The summed E-state index contributed by atoms with van der Waals surface area (Å²) in [6, 6.07) is 13.3. The minimum Gasteiger partial charge on any atom is -0.326 e. The van der Waals surface area contributed by atoms with Gasteiger partial charge in [0.05, 0.1) is 5.69 Å². The van der Waals surface area contributed by atoms with Crippen molar-refractivity contribution < 1.29 is 4.39 Å². The predicted octanol–water partition coefficient (Wildman–Crippen LogP) is 4.38. The largest absolute Gasteiger partial charge is 0.326 e. The second-order valence-electron chi connectivity index (χ2n) is 4.88. The number of aromatic nitrogens is 1. The third kappa shape index (κ3) is 2.73. The van der Waals surface area contributed by atoms with E-state index in [1.54, 1.807) is 19.1 Å². The Bertz CT molecular complexity index is 780. The minimum absolute atomic E-state index is 0.200. The van der Waals surface area contributed by atoms with Crippen LogP contribution >= 0.6 is 11.3 Å². The maximum atomic E-state index is 14.2. The number of benzene rings is 2. The van der Waals surface area contributed by atoms with Gasteiger partial charge in [-0.15, -0.1) is 11.3 Å². The summed E-state index contributed by atoms with van der Waals surface area (Å²) in [5.41, 5.74) is 9.77. The first kappa shape index (κ1) is 13.9. The molecule has 2 nitrogen and oxygen atoms in total. The highest BCUT2D eigenvalue weighted by molar-refractivity contribution is 7.13. The summed E-state index contributed by atoms with van der Waals surface area (Å²) in [5, 5.41) is 2.65. The first-order valence-electron chi connectivity index (χ1n) is 6.69. The van der Waals surface area contributed by atoms with Crippen LogP contribution in [0.15, 0.2) is 47.8 Å². The van der Waals surface area contributed by atoms with Gasteiger partial charge in [-0.2, -0.15) is 0 Å². The SMILES string of the molecule is Cc1cccc(-c2nc(-c3cccc(CN)c3)cs2)c1F. The van der Waals surface area contributed by atoms with Crippen LogP contribution in [0.1, 0.15) is 11.1 Å². The molecule has 0 aliphatic rings. The van der Waals surface area contributed by atoms with Crippen LogP contribution in [-0.4, -0.2) is 4.98 Å². The van der Waals surface area contributed by atoms with E-state index in [0.717, 1.165) is 16.8 Å². The zero-order valence-corrected chi connectivity index (χ0v) is 12.5. The third-order valence-corrected chi connectivity index (χ3v) is 4.26. The molecule has 0 fully saturated rings. The van der Waals surface area contributed by atoms with E-state index in [-0.39, 0.29) is 5.82 Å². The highest BCUT2D eigenvalue weighted by Gasteiger charge is 2.12. The Morgan fingerprint density at radius 2 is 2.00 bits per heavy atom. The number of hydrogen-bond acceptors (Lipinski definition) is 3. The number of rotatable bonds is 3. The van der Waals surface area contributed by atoms with Crippen LogP contribution in [0, 0.1) is 12.7 Å². The maximum absolute atomic E-state index is 14.2. The Labute approximate surface area is 127 Å². The lowest BCUT2D eigenvalue weighted by molar-refractivity contribution is 0.622. The van der Waals surface area contributed by atoms with Crippen molar-refractivity contribution >= 4 is 11.3 Å². The fraction of sp³-hybridized carbons (Fsp3) is 0.118. The van der Waals surface area contributed by atoms with Gasteiger partial charge in [-0.25, -0.2) is 9.37 Å². The molecule has 0 saturated heterocycles. The van der Waals surface area contributed by atoms with E-state index in [1.165, 1.54) is 11.3 Å². The predicted molar refractivity (Wildman–Crippen MR) is 85.6 cm³/mol. The molecule has 0 aliphatic heterocycles. The van der Waals surface area contributed by atoms with Crippen molar-refractivity contribution in [3.8, 4) is 21.8 Å². The topological polar surface area (TPSA) is 38.9 Å². The van der Waals surface area contributed by atoms with Crippen molar-refractivity contribution in [2.75, 3.05) is 0 Å². The molecule has 0 bridgehead atoms. The minimum atomic E-state index is -0.200. The first-order valence-corrected chi connectivity index (χ1v) is 7.57. The van der Waals surface area contributed by atoms with Gasteiger partial charge in [0.1, 0.15) is 10.8 Å². The van der Waals surface area contributed by atoms with E-state index in [4.69, 9.17) is 5.73 Å². The quantitative estimate of drug-likeness (QED) is 0.779. The Hall–Kier alpha value is -2.04. The van der Waals surface area contributed by atoms with Crippen molar-refractivity contribution in [1.82, 2.24) is 4.98 Å².